The van der Waals surface area contributed by atoms with Crippen molar-refractivity contribution in [3.05, 3.63) is 33.9 Å². The summed E-state index contributed by atoms with van der Waals surface area (Å²) in [5.41, 5.74) is -0.229. The van der Waals surface area contributed by atoms with Crippen molar-refractivity contribution >= 4 is 52.1 Å². The van der Waals surface area contributed by atoms with Crippen LogP contribution in [0.15, 0.2) is 17.1 Å². The Morgan fingerprint density at radius 1 is 1.33 bits per heavy atom. The quantitative estimate of drug-likeness (QED) is 0.763. The number of aromatic carboxylic acids is 1. The van der Waals surface area contributed by atoms with Gasteiger partial charge in [0.05, 0.1) is 18.0 Å². The predicted molar refractivity (Wildman–Crippen MR) is 102 cm³/mol. The molecule has 4 rings (SSSR count). The van der Waals surface area contributed by atoms with Crippen molar-refractivity contribution in [2.45, 2.75) is 18.9 Å². The molecule has 0 atom stereocenters. The number of nitrogens with zero attached hydrogens (tertiary/aromatic N) is 2. The number of methoxy groups -OCH3 is 1. The molecule has 0 unspecified atom stereocenters. The summed E-state index contributed by atoms with van der Waals surface area (Å²) in [7, 11) is 1.45. The van der Waals surface area contributed by atoms with Crippen LogP contribution in [-0.2, 0) is 0 Å². The number of aromatic nitrogens is 1. The molecule has 0 bridgehead atoms. The van der Waals surface area contributed by atoms with Crippen LogP contribution in [0.5, 0.6) is 5.75 Å². The first-order valence-electron chi connectivity index (χ1n) is 8.67. The molecule has 0 radical (unpaired) electrons. The van der Waals surface area contributed by atoms with Gasteiger partial charge in [0.2, 0.25) is 5.43 Å². The number of carbonyl (C=O) groups is 1. The minimum absolute atomic E-state index is 0. The van der Waals surface area contributed by atoms with Crippen LogP contribution >= 0.6 is 0 Å². The molecule has 9 heteroatoms. The summed E-state index contributed by atoms with van der Waals surface area (Å²) in [5, 5.41) is 12.6. The van der Waals surface area contributed by atoms with Gasteiger partial charge >= 0.3 is 35.5 Å². The fourth-order valence-corrected chi connectivity index (χ4v) is 3.61. The minimum atomic E-state index is -1.31. The molecule has 140 valence electrons. The van der Waals surface area contributed by atoms with E-state index in [1.165, 1.54) is 13.3 Å². The first-order valence-corrected chi connectivity index (χ1v) is 8.67. The van der Waals surface area contributed by atoms with Gasteiger partial charge in [-0.1, -0.05) is 0 Å². The second kappa shape index (κ2) is 7.79. The van der Waals surface area contributed by atoms with Crippen LogP contribution < -0.4 is 20.4 Å². The maximum atomic E-state index is 15.0. The van der Waals surface area contributed by atoms with Gasteiger partial charge in [0.1, 0.15) is 11.3 Å². The van der Waals surface area contributed by atoms with Crippen molar-refractivity contribution in [2.24, 2.45) is 0 Å². The van der Waals surface area contributed by atoms with Crippen LogP contribution in [-0.4, -0.2) is 78.5 Å². The standard InChI is InChI=1S/C18H20FN3O4.Na.H/c1-26-17-14-11(8-13(19)15(17)21-6-4-20-5-7-21)16(23)12(18(24)25)9-22(14)10-2-3-10;;/h8-10,20H,2-7H2,1H3,(H,24,25);;. The molecule has 0 amide bonds. The van der Waals surface area contributed by atoms with Gasteiger partial charge in [-0.25, -0.2) is 9.18 Å². The van der Waals surface area contributed by atoms with Crippen molar-refractivity contribution in [1.82, 2.24) is 9.88 Å². The Kier molecular flexibility index (Phi) is 5.81. The van der Waals surface area contributed by atoms with Crippen molar-refractivity contribution < 1.29 is 19.0 Å². The number of benzene rings is 1. The molecule has 1 saturated carbocycles. The van der Waals surface area contributed by atoms with Crippen molar-refractivity contribution in [3.63, 3.8) is 0 Å². The zero-order chi connectivity index (χ0) is 18.4. The van der Waals surface area contributed by atoms with Gasteiger partial charge in [-0.15, -0.1) is 0 Å². The number of nitrogens with one attached hydrogen (secondary N) is 1. The summed E-state index contributed by atoms with van der Waals surface area (Å²) in [6.45, 7) is 2.71. The van der Waals surface area contributed by atoms with Crippen molar-refractivity contribution in [2.75, 3.05) is 38.2 Å². The van der Waals surface area contributed by atoms with E-state index in [4.69, 9.17) is 4.74 Å². The van der Waals surface area contributed by atoms with Gasteiger partial charge in [-0.05, 0) is 18.9 Å². The second-order valence-electron chi connectivity index (χ2n) is 6.69. The first-order chi connectivity index (χ1) is 12.5. The zero-order valence-electron chi connectivity index (χ0n) is 14.4. The van der Waals surface area contributed by atoms with Crippen LogP contribution in [0.25, 0.3) is 10.9 Å². The molecule has 2 heterocycles. The second-order valence-corrected chi connectivity index (χ2v) is 6.69. The topological polar surface area (TPSA) is 83.8 Å². The Labute approximate surface area is 177 Å². The van der Waals surface area contributed by atoms with Gasteiger partial charge in [-0.3, -0.25) is 4.79 Å². The van der Waals surface area contributed by atoms with Gasteiger partial charge < -0.3 is 24.6 Å². The number of rotatable bonds is 4. The molecule has 2 aliphatic rings. The summed E-state index contributed by atoms with van der Waals surface area (Å²) in [6, 6.07) is 1.26. The third-order valence-corrected chi connectivity index (χ3v) is 5.01. The third-order valence-electron chi connectivity index (χ3n) is 5.01. The van der Waals surface area contributed by atoms with Gasteiger partial charge in [0, 0.05) is 38.4 Å². The van der Waals surface area contributed by atoms with Crippen molar-refractivity contribution in [1.29, 1.82) is 0 Å². The molecule has 2 fully saturated rings. The van der Waals surface area contributed by atoms with Crippen LogP contribution in [0.1, 0.15) is 29.2 Å². The van der Waals surface area contributed by atoms with E-state index < -0.39 is 17.2 Å². The summed E-state index contributed by atoms with van der Waals surface area (Å²) in [4.78, 5) is 26.0. The van der Waals surface area contributed by atoms with E-state index in [0.717, 1.165) is 32.0 Å². The SMILES string of the molecule is COc1c(N2CCNCC2)c(F)cc2c(=O)c(C(=O)O)cn(C3CC3)c12.[NaH]. The summed E-state index contributed by atoms with van der Waals surface area (Å²) in [6.07, 6.45) is 3.15. The van der Waals surface area contributed by atoms with Crippen LogP contribution in [0.4, 0.5) is 10.1 Å². The number of carboxylic acid groups (broad SMARTS) is 1. The average Bonchev–Trinajstić information content (AvgIpc) is 3.47. The van der Waals surface area contributed by atoms with E-state index in [-0.39, 0.29) is 46.5 Å². The first kappa shape index (κ1) is 20.1. The van der Waals surface area contributed by atoms with E-state index in [2.05, 4.69) is 5.32 Å². The number of hydrogen-bond acceptors (Lipinski definition) is 5. The maximum absolute atomic E-state index is 15.0. The number of carboxylic acids is 1. The number of hydrogen-bond donors (Lipinski definition) is 2. The Bertz CT molecular complexity index is 952. The van der Waals surface area contributed by atoms with Crippen molar-refractivity contribution in [3.8, 4) is 5.75 Å². The molecule has 1 aromatic heterocycles. The number of halogens is 1. The molecule has 27 heavy (non-hydrogen) atoms. The number of fused-ring (bicyclic) bond motifs is 1. The molecule has 0 spiro atoms. The Balaban J connectivity index is 0.00000210. The van der Waals surface area contributed by atoms with Gasteiger partial charge in [0.15, 0.2) is 11.6 Å². The number of piperazine rings is 1. The molecule has 1 aromatic carbocycles. The Hall–Kier alpha value is -1.61. The molecule has 7 nitrogen and oxygen atoms in total. The molecular weight excluding hydrogens is 364 g/mol. The van der Waals surface area contributed by atoms with E-state index in [9.17, 15) is 19.1 Å². The molecular formula is C18H21FN3NaO4. The summed E-state index contributed by atoms with van der Waals surface area (Å²) < 4.78 is 22.3. The monoisotopic (exact) mass is 385 g/mol. The fourth-order valence-electron chi connectivity index (χ4n) is 3.61. The number of ether oxygens (including phenoxy) is 1. The fraction of sp³-hybridized carbons (Fsp3) is 0.444. The van der Waals surface area contributed by atoms with Crippen LogP contribution in [0, 0.1) is 5.82 Å². The average molecular weight is 385 g/mol. The Morgan fingerprint density at radius 2 is 2.00 bits per heavy atom. The Morgan fingerprint density at radius 3 is 2.56 bits per heavy atom. The van der Waals surface area contributed by atoms with E-state index in [0.29, 0.717) is 30.0 Å². The van der Waals surface area contributed by atoms with E-state index >= 15 is 0 Å². The number of pyridine rings is 1. The van der Waals surface area contributed by atoms with Crippen LogP contribution in [0.3, 0.4) is 0 Å². The third kappa shape index (κ3) is 3.47. The van der Waals surface area contributed by atoms with E-state index in [1.54, 1.807) is 4.57 Å². The summed E-state index contributed by atoms with van der Waals surface area (Å²) in [5.74, 6) is -1.59. The molecule has 2 aromatic rings. The normalized spacial score (nSPS) is 16.9. The van der Waals surface area contributed by atoms with Gasteiger partial charge in [-0.2, -0.15) is 0 Å². The molecule has 1 aliphatic heterocycles. The zero-order valence-corrected chi connectivity index (χ0v) is 14.4. The predicted octanol–water partition coefficient (Wildman–Crippen LogP) is 0.943. The van der Waals surface area contributed by atoms with E-state index in [1.807, 2.05) is 4.90 Å². The summed E-state index contributed by atoms with van der Waals surface area (Å²) >= 11 is 0. The van der Waals surface area contributed by atoms with Crippen LogP contribution in [0.2, 0.25) is 0 Å². The molecule has 1 aliphatic carbocycles. The van der Waals surface area contributed by atoms with Gasteiger partial charge in [0.25, 0.3) is 0 Å². The number of anilines is 1. The molecule has 1 saturated heterocycles. The molecule has 2 N–H and O–H groups in total.